The first kappa shape index (κ1) is 17.7. The van der Waals surface area contributed by atoms with Gasteiger partial charge in [-0.1, -0.05) is 0 Å². The van der Waals surface area contributed by atoms with Crippen LogP contribution in [0.3, 0.4) is 0 Å². The van der Waals surface area contributed by atoms with Crippen molar-refractivity contribution in [2.24, 2.45) is 7.05 Å². The number of hydrogen-bond acceptors (Lipinski definition) is 6. The highest BCUT2D eigenvalue weighted by molar-refractivity contribution is 5.87. The van der Waals surface area contributed by atoms with Gasteiger partial charge in [0.1, 0.15) is 17.9 Å². The molecular weight excluding hydrogens is 352 g/mol. The zero-order chi connectivity index (χ0) is 19.7. The number of anilines is 2. The summed E-state index contributed by atoms with van der Waals surface area (Å²) in [5, 5.41) is 24.3. The van der Waals surface area contributed by atoms with Gasteiger partial charge in [0.05, 0.1) is 34.5 Å². The maximum atomic E-state index is 9.20. The van der Waals surface area contributed by atoms with E-state index in [1.54, 1.807) is 10.9 Å². The first-order chi connectivity index (χ1) is 13.6. The number of nitrogens with zero attached hydrogens (tertiary/aromatic N) is 4. The number of pyridine rings is 1. The molecule has 1 aliphatic rings. The van der Waals surface area contributed by atoms with E-state index in [1.807, 2.05) is 44.4 Å². The van der Waals surface area contributed by atoms with Crippen LogP contribution in [0.25, 0.3) is 0 Å². The van der Waals surface area contributed by atoms with Gasteiger partial charge in [0.25, 0.3) is 0 Å². The summed E-state index contributed by atoms with van der Waals surface area (Å²) in [6.45, 7) is 1.85. The second-order valence-electron chi connectivity index (χ2n) is 6.84. The highest BCUT2D eigenvalue weighted by Gasteiger charge is 2.27. The second kappa shape index (κ2) is 7.16. The number of fused-ring (bicyclic) bond motifs is 1. The number of ether oxygens (including phenoxy) is 1. The van der Waals surface area contributed by atoms with Gasteiger partial charge in [0, 0.05) is 31.1 Å². The number of rotatable bonds is 5. The molecule has 1 atom stereocenters. The van der Waals surface area contributed by atoms with E-state index in [2.05, 4.69) is 21.5 Å². The summed E-state index contributed by atoms with van der Waals surface area (Å²) >= 11 is 0. The Morgan fingerprint density at radius 1 is 1.39 bits per heavy atom. The van der Waals surface area contributed by atoms with Gasteiger partial charge >= 0.3 is 0 Å². The lowest BCUT2D eigenvalue weighted by molar-refractivity contribution is 0.203. The Labute approximate surface area is 163 Å². The molecule has 0 fully saturated rings. The molecule has 2 N–H and O–H groups in total. The molecule has 0 saturated carbocycles. The van der Waals surface area contributed by atoms with Crippen LogP contribution >= 0.6 is 0 Å². The van der Waals surface area contributed by atoms with Gasteiger partial charge in [0.2, 0.25) is 0 Å². The lowest BCUT2D eigenvalue weighted by Gasteiger charge is -2.17. The van der Waals surface area contributed by atoms with Crippen LogP contribution in [0, 0.1) is 23.7 Å². The highest BCUT2D eigenvalue weighted by Crippen LogP contribution is 2.36. The maximum Gasteiger partial charge on any atom is 0.141 e. The molecule has 0 aliphatic heterocycles. The molecule has 4 rings (SSSR count). The van der Waals surface area contributed by atoms with Crippen molar-refractivity contribution in [3.8, 4) is 11.8 Å². The molecule has 0 spiro atoms. The average Bonchev–Trinajstić information content (AvgIpc) is 3.27. The van der Waals surface area contributed by atoms with Crippen molar-refractivity contribution in [1.29, 1.82) is 10.7 Å². The fourth-order valence-corrected chi connectivity index (χ4v) is 3.44. The molecule has 7 nitrogen and oxygen atoms in total. The van der Waals surface area contributed by atoms with E-state index in [1.165, 1.54) is 6.21 Å². The largest absolute Gasteiger partial charge is 0.484 e. The summed E-state index contributed by atoms with van der Waals surface area (Å²) in [7, 11) is 1.85. The van der Waals surface area contributed by atoms with Gasteiger partial charge in [-0.05, 0) is 43.5 Å². The summed E-state index contributed by atoms with van der Waals surface area (Å²) in [4.78, 5) is 4.62. The Morgan fingerprint density at radius 2 is 2.25 bits per heavy atom. The molecule has 140 valence electrons. The Morgan fingerprint density at radius 3 is 2.96 bits per heavy atom. The van der Waals surface area contributed by atoms with Crippen molar-refractivity contribution >= 4 is 17.6 Å². The quantitative estimate of drug-likeness (QED) is 0.664. The average molecular weight is 372 g/mol. The van der Waals surface area contributed by atoms with Crippen LogP contribution in [0.5, 0.6) is 5.75 Å². The molecule has 28 heavy (non-hydrogen) atoms. The molecule has 2 aromatic heterocycles. The van der Waals surface area contributed by atoms with Crippen molar-refractivity contribution in [1.82, 2.24) is 14.8 Å². The zero-order valence-electron chi connectivity index (χ0n) is 15.7. The Bertz CT molecular complexity index is 1090. The molecule has 2 heterocycles. The maximum absolute atomic E-state index is 9.20. The summed E-state index contributed by atoms with van der Waals surface area (Å²) in [6.07, 6.45) is 6.44. The van der Waals surface area contributed by atoms with Crippen molar-refractivity contribution in [3.05, 3.63) is 64.7 Å². The molecule has 1 aliphatic carbocycles. The summed E-state index contributed by atoms with van der Waals surface area (Å²) in [6, 6.07) is 9.73. The van der Waals surface area contributed by atoms with Crippen LogP contribution in [0.2, 0.25) is 0 Å². The van der Waals surface area contributed by atoms with E-state index in [4.69, 9.17) is 10.1 Å². The summed E-state index contributed by atoms with van der Waals surface area (Å²) < 4.78 is 7.95. The molecule has 0 unspecified atom stereocenters. The predicted octanol–water partition coefficient (Wildman–Crippen LogP) is 3.80. The molecule has 0 bridgehead atoms. The van der Waals surface area contributed by atoms with Gasteiger partial charge in [-0.3, -0.25) is 9.67 Å². The molecule has 0 saturated heterocycles. The Hall–Kier alpha value is -3.66. The van der Waals surface area contributed by atoms with Crippen LogP contribution in [-0.2, 0) is 13.5 Å². The van der Waals surface area contributed by atoms with E-state index in [0.29, 0.717) is 11.3 Å². The van der Waals surface area contributed by atoms with Gasteiger partial charge in [0.15, 0.2) is 0 Å². The second-order valence-corrected chi connectivity index (χ2v) is 6.84. The van der Waals surface area contributed by atoms with Crippen molar-refractivity contribution < 1.29 is 4.74 Å². The monoisotopic (exact) mass is 372 g/mol. The smallest absolute Gasteiger partial charge is 0.141 e. The Kier molecular flexibility index (Phi) is 4.53. The molecule has 7 heteroatoms. The lowest BCUT2D eigenvalue weighted by Crippen LogP contribution is -2.07. The topological polar surface area (TPSA) is 99.6 Å². The van der Waals surface area contributed by atoms with E-state index < -0.39 is 0 Å². The van der Waals surface area contributed by atoms with E-state index in [0.717, 1.165) is 46.7 Å². The lowest BCUT2D eigenvalue weighted by atomic mass is 10.1. The normalized spacial score (nSPS) is 15.0. The number of nitriles is 1. The van der Waals surface area contributed by atoms with Crippen LogP contribution in [0.15, 0.2) is 36.7 Å². The van der Waals surface area contributed by atoms with Crippen LogP contribution in [-0.4, -0.2) is 21.0 Å². The van der Waals surface area contributed by atoms with Gasteiger partial charge in [-0.2, -0.15) is 10.4 Å². The van der Waals surface area contributed by atoms with Gasteiger partial charge in [-0.15, -0.1) is 0 Å². The molecule has 0 radical (unpaired) electrons. The fourth-order valence-electron chi connectivity index (χ4n) is 3.44. The first-order valence-electron chi connectivity index (χ1n) is 9.04. The first-order valence-corrected chi connectivity index (χ1v) is 9.04. The third kappa shape index (κ3) is 3.32. The summed E-state index contributed by atoms with van der Waals surface area (Å²) in [5.41, 5.74) is 5.73. The highest BCUT2D eigenvalue weighted by atomic mass is 16.5. The zero-order valence-corrected chi connectivity index (χ0v) is 15.7. The number of benzene rings is 1. The van der Waals surface area contributed by atoms with Gasteiger partial charge < -0.3 is 15.5 Å². The van der Waals surface area contributed by atoms with Crippen molar-refractivity contribution in [3.63, 3.8) is 0 Å². The minimum Gasteiger partial charge on any atom is -0.484 e. The fraction of sp³-hybridized carbons (Fsp3) is 0.238. The van der Waals surface area contributed by atoms with Crippen LogP contribution in [0.4, 0.5) is 11.4 Å². The molecule has 0 amide bonds. The molecular formula is C21H20N6O. The van der Waals surface area contributed by atoms with Crippen LogP contribution < -0.4 is 10.1 Å². The van der Waals surface area contributed by atoms with E-state index in [9.17, 15) is 5.26 Å². The van der Waals surface area contributed by atoms with Crippen LogP contribution in [0.1, 0.15) is 40.6 Å². The van der Waals surface area contributed by atoms with E-state index in [-0.39, 0.29) is 6.10 Å². The predicted molar refractivity (Wildman–Crippen MR) is 106 cm³/mol. The molecule has 3 aromatic rings. The minimum atomic E-state index is -0.140. The Balaban J connectivity index is 1.60. The number of nitrogens with one attached hydrogen (secondary N) is 2. The van der Waals surface area contributed by atoms with Crippen molar-refractivity contribution in [2.45, 2.75) is 25.9 Å². The third-order valence-electron chi connectivity index (χ3n) is 4.87. The third-order valence-corrected chi connectivity index (χ3v) is 4.87. The SMILES string of the molecule is Cc1nc2c(cc1C#N)CC[C@@H]2Oc1ccc(C=N)c(Nc2cnn(C)c2)c1. The van der Waals surface area contributed by atoms with Crippen molar-refractivity contribution in [2.75, 3.05) is 5.32 Å². The number of aromatic nitrogens is 3. The van der Waals surface area contributed by atoms with Gasteiger partial charge in [-0.25, -0.2) is 0 Å². The minimum absolute atomic E-state index is 0.140. The van der Waals surface area contributed by atoms with E-state index >= 15 is 0 Å². The standard InChI is InChI=1S/C21H20N6O/c1-13-16(10-23)7-14-4-6-20(21(14)25-13)28-18-5-3-15(9-22)19(8-18)26-17-11-24-27(2)12-17/h3,5,7-9,11-12,20,22,26H,4,6H2,1-2H3/t20-/m0/s1. The number of aryl methyl sites for hydroxylation is 3. The molecule has 1 aromatic carbocycles. The number of hydrogen-bond donors (Lipinski definition) is 2. The summed E-state index contributed by atoms with van der Waals surface area (Å²) in [5.74, 6) is 0.707.